The molecule has 4 nitrogen and oxygen atoms in total. The van der Waals surface area contributed by atoms with Gasteiger partial charge in [-0.1, -0.05) is 28.8 Å². The molecule has 0 radical (unpaired) electrons. The lowest BCUT2D eigenvalue weighted by atomic mass is 10.0. The van der Waals surface area contributed by atoms with Gasteiger partial charge in [0.1, 0.15) is 5.75 Å². The van der Waals surface area contributed by atoms with E-state index in [1.54, 1.807) is 0 Å². The van der Waals surface area contributed by atoms with Crippen LogP contribution in [0.25, 0.3) is 0 Å². The second-order valence-corrected chi connectivity index (χ2v) is 8.36. The third-order valence-electron chi connectivity index (χ3n) is 5.42. The van der Waals surface area contributed by atoms with E-state index in [1.165, 1.54) is 32.2 Å². The molecule has 2 aliphatic rings. The van der Waals surface area contributed by atoms with Crippen LogP contribution >= 0.6 is 15.9 Å². The second-order valence-electron chi connectivity index (χ2n) is 7.45. The smallest absolute Gasteiger partial charge is 0.260 e. The van der Waals surface area contributed by atoms with Crippen molar-refractivity contribution in [3.63, 3.8) is 0 Å². The topological polar surface area (TPSA) is 41.6 Å². The summed E-state index contributed by atoms with van der Waals surface area (Å²) in [5, 5.41) is 3.16. The molecule has 1 aromatic rings. The molecule has 1 heterocycles. The number of likely N-dealkylation sites (tertiary alicyclic amines) is 1. The molecule has 5 heteroatoms. The third kappa shape index (κ3) is 5.71. The zero-order valence-corrected chi connectivity index (χ0v) is 16.6. The highest BCUT2D eigenvalue weighted by Gasteiger charge is 2.25. The number of piperidine rings is 1. The molecule has 0 aromatic heterocycles. The van der Waals surface area contributed by atoms with Gasteiger partial charge in [-0.2, -0.15) is 0 Å². The number of carbonyl (C=O) groups is 1. The fraction of sp³-hybridized carbons (Fsp3) is 0.650. The molecule has 1 saturated carbocycles. The highest BCUT2D eigenvalue weighted by atomic mass is 79.9. The average molecular weight is 409 g/mol. The molecule has 1 saturated heterocycles. The molecule has 1 unspecified atom stereocenters. The molecule has 3 rings (SSSR count). The van der Waals surface area contributed by atoms with Gasteiger partial charge in [-0.3, -0.25) is 4.79 Å². The van der Waals surface area contributed by atoms with Gasteiger partial charge < -0.3 is 15.0 Å². The Morgan fingerprint density at radius 2 is 1.84 bits per heavy atom. The minimum absolute atomic E-state index is 0.0165. The summed E-state index contributed by atoms with van der Waals surface area (Å²) in [5.41, 5.74) is 0. The van der Waals surface area contributed by atoms with E-state index in [-0.39, 0.29) is 11.9 Å². The van der Waals surface area contributed by atoms with Crippen LogP contribution in [0.2, 0.25) is 0 Å². The Morgan fingerprint density at radius 1 is 1.20 bits per heavy atom. The van der Waals surface area contributed by atoms with Crippen molar-refractivity contribution >= 4 is 21.8 Å². The first-order valence-electron chi connectivity index (χ1n) is 9.55. The molecule has 1 aromatic carbocycles. The molecule has 2 fully saturated rings. The Kier molecular flexibility index (Phi) is 6.77. The van der Waals surface area contributed by atoms with Gasteiger partial charge in [-0.15, -0.1) is 0 Å². The van der Waals surface area contributed by atoms with E-state index in [9.17, 15) is 4.79 Å². The minimum Gasteiger partial charge on any atom is -0.481 e. The van der Waals surface area contributed by atoms with Crippen LogP contribution in [0.3, 0.4) is 0 Å². The number of hydrogen-bond donors (Lipinski definition) is 1. The Labute approximate surface area is 159 Å². The average Bonchev–Trinajstić information content (AvgIpc) is 3.11. The number of hydrogen-bond acceptors (Lipinski definition) is 3. The largest absolute Gasteiger partial charge is 0.481 e. The Balaban J connectivity index is 1.38. The molecule has 1 atom stereocenters. The lowest BCUT2D eigenvalue weighted by Crippen LogP contribution is -2.48. The number of benzene rings is 1. The van der Waals surface area contributed by atoms with Crippen LogP contribution < -0.4 is 10.1 Å². The molecule has 25 heavy (non-hydrogen) atoms. The first-order chi connectivity index (χ1) is 12.1. The number of rotatable bonds is 6. The van der Waals surface area contributed by atoms with Crippen LogP contribution in [0.4, 0.5) is 0 Å². The number of amides is 1. The summed E-state index contributed by atoms with van der Waals surface area (Å²) in [5.74, 6) is 1.61. The first-order valence-corrected chi connectivity index (χ1v) is 10.3. The summed E-state index contributed by atoms with van der Waals surface area (Å²) in [4.78, 5) is 15.0. The van der Waals surface area contributed by atoms with Crippen molar-refractivity contribution in [1.82, 2.24) is 10.2 Å². The van der Waals surface area contributed by atoms with Crippen molar-refractivity contribution in [2.75, 3.05) is 19.6 Å². The van der Waals surface area contributed by atoms with E-state index < -0.39 is 6.10 Å². The molecule has 138 valence electrons. The fourth-order valence-corrected chi connectivity index (χ4v) is 4.17. The maximum Gasteiger partial charge on any atom is 0.260 e. The third-order valence-corrected chi connectivity index (χ3v) is 5.95. The first kappa shape index (κ1) is 18.7. The van der Waals surface area contributed by atoms with Gasteiger partial charge in [0.2, 0.25) is 0 Å². The van der Waals surface area contributed by atoms with Gasteiger partial charge in [0.25, 0.3) is 5.91 Å². The molecule has 1 amide bonds. The molecule has 0 spiro atoms. The normalized spacial score (nSPS) is 21.2. The predicted octanol–water partition coefficient (Wildman–Crippen LogP) is 3.99. The standard InChI is InChI=1S/C20H29BrN2O2/c1-15(25-19-8-6-17(21)7-9-19)20(24)22-18-10-12-23(13-11-18)14-16-4-2-3-5-16/h6-9,15-16,18H,2-5,10-14H2,1H3,(H,22,24). The zero-order valence-electron chi connectivity index (χ0n) is 15.0. The van der Waals surface area contributed by atoms with Crippen molar-refractivity contribution in [2.45, 2.75) is 57.6 Å². The maximum absolute atomic E-state index is 12.4. The zero-order chi connectivity index (χ0) is 17.6. The summed E-state index contributed by atoms with van der Waals surface area (Å²) < 4.78 is 6.74. The Morgan fingerprint density at radius 3 is 2.48 bits per heavy atom. The van der Waals surface area contributed by atoms with Crippen molar-refractivity contribution < 1.29 is 9.53 Å². The fourth-order valence-electron chi connectivity index (χ4n) is 3.91. The molecular formula is C20H29BrN2O2. The van der Waals surface area contributed by atoms with E-state index in [1.807, 2.05) is 31.2 Å². The molecule has 0 bridgehead atoms. The number of halogens is 1. The van der Waals surface area contributed by atoms with E-state index in [0.717, 1.165) is 42.1 Å². The minimum atomic E-state index is -0.474. The SMILES string of the molecule is CC(Oc1ccc(Br)cc1)C(=O)NC1CCN(CC2CCCC2)CC1. The molecule has 1 aliphatic carbocycles. The highest BCUT2D eigenvalue weighted by molar-refractivity contribution is 9.10. The van der Waals surface area contributed by atoms with Gasteiger partial charge in [-0.05, 0) is 62.8 Å². The Hall–Kier alpha value is -1.07. The van der Waals surface area contributed by atoms with Crippen LogP contribution in [0.1, 0.15) is 45.4 Å². The quantitative estimate of drug-likeness (QED) is 0.773. The van der Waals surface area contributed by atoms with E-state index in [4.69, 9.17) is 4.74 Å². The van der Waals surface area contributed by atoms with Gasteiger partial charge in [0.15, 0.2) is 6.10 Å². The van der Waals surface area contributed by atoms with Gasteiger partial charge >= 0.3 is 0 Å². The second kappa shape index (κ2) is 9.04. The summed E-state index contributed by atoms with van der Waals surface area (Å²) >= 11 is 3.40. The number of nitrogens with one attached hydrogen (secondary N) is 1. The van der Waals surface area contributed by atoms with Crippen LogP contribution in [0.5, 0.6) is 5.75 Å². The lowest BCUT2D eigenvalue weighted by Gasteiger charge is -2.34. The van der Waals surface area contributed by atoms with E-state index >= 15 is 0 Å². The molecule has 1 aliphatic heterocycles. The molecular weight excluding hydrogens is 380 g/mol. The summed E-state index contributed by atoms with van der Waals surface area (Å²) in [7, 11) is 0. The van der Waals surface area contributed by atoms with Crippen molar-refractivity contribution in [3.05, 3.63) is 28.7 Å². The van der Waals surface area contributed by atoms with Crippen LogP contribution in [-0.2, 0) is 4.79 Å². The summed E-state index contributed by atoms with van der Waals surface area (Å²) in [6.45, 7) is 5.27. The van der Waals surface area contributed by atoms with Crippen molar-refractivity contribution in [2.24, 2.45) is 5.92 Å². The number of nitrogens with zero attached hydrogens (tertiary/aromatic N) is 1. The van der Waals surface area contributed by atoms with Crippen molar-refractivity contribution in [1.29, 1.82) is 0 Å². The Bertz CT molecular complexity index is 549. The van der Waals surface area contributed by atoms with Gasteiger partial charge in [-0.25, -0.2) is 0 Å². The lowest BCUT2D eigenvalue weighted by molar-refractivity contribution is -0.128. The van der Waals surface area contributed by atoms with Gasteiger partial charge in [0, 0.05) is 30.1 Å². The number of ether oxygens (including phenoxy) is 1. The van der Waals surface area contributed by atoms with Crippen molar-refractivity contribution in [3.8, 4) is 5.75 Å². The maximum atomic E-state index is 12.4. The van der Waals surface area contributed by atoms with Crippen LogP contribution in [-0.4, -0.2) is 42.6 Å². The monoisotopic (exact) mass is 408 g/mol. The number of carbonyl (C=O) groups excluding carboxylic acids is 1. The summed E-state index contributed by atoms with van der Waals surface area (Å²) in [6.07, 6.45) is 7.24. The van der Waals surface area contributed by atoms with Crippen LogP contribution in [0.15, 0.2) is 28.7 Å². The highest BCUT2D eigenvalue weighted by Crippen LogP contribution is 2.26. The summed E-state index contributed by atoms with van der Waals surface area (Å²) in [6, 6.07) is 7.86. The van der Waals surface area contributed by atoms with E-state index in [0.29, 0.717) is 0 Å². The predicted molar refractivity (Wildman–Crippen MR) is 104 cm³/mol. The van der Waals surface area contributed by atoms with Crippen LogP contribution in [0, 0.1) is 5.92 Å². The van der Waals surface area contributed by atoms with E-state index in [2.05, 4.69) is 26.1 Å². The van der Waals surface area contributed by atoms with Gasteiger partial charge in [0.05, 0.1) is 0 Å². The molecule has 1 N–H and O–H groups in total.